The number of aryl methyl sites for hydroxylation is 1. The maximum atomic E-state index is 12.3. The van der Waals surface area contributed by atoms with Crippen molar-refractivity contribution in [2.24, 2.45) is 5.92 Å². The van der Waals surface area contributed by atoms with Crippen LogP contribution in [0.3, 0.4) is 0 Å². The molecule has 1 atom stereocenters. The molecule has 1 aliphatic rings. The van der Waals surface area contributed by atoms with E-state index in [0.29, 0.717) is 30.5 Å². The molecule has 1 amide bonds. The molecule has 3 heterocycles. The SMILES string of the molecule is CC[C@@H]1CCCN(C(=O)CCc2nnc(-c3ccsc3)o2)C1. The number of piperidine rings is 1. The monoisotopic (exact) mass is 319 g/mol. The van der Waals surface area contributed by atoms with Crippen LogP contribution in [0.4, 0.5) is 0 Å². The third-order valence-corrected chi connectivity index (χ3v) is 4.92. The third-order valence-electron chi connectivity index (χ3n) is 4.24. The quantitative estimate of drug-likeness (QED) is 0.847. The molecule has 0 radical (unpaired) electrons. The number of likely N-dealkylation sites (tertiary alicyclic amines) is 1. The van der Waals surface area contributed by atoms with Crippen molar-refractivity contribution < 1.29 is 9.21 Å². The molecule has 1 fully saturated rings. The highest BCUT2D eigenvalue weighted by atomic mass is 32.1. The van der Waals surface area contributed by atoms with E-state index in [1.807, 2.05) is 21.7 Å². The van der Waals surface area contributed by atoms with Gasteiger partial charge in [-0.1, -0.05) is 13.3 Å². The Morgan fingerprint density at radius 3 is 3.18 bits per heavy atom. The molecule has 0 saturated carbocycles. The van der Waals surface area contributed by atoms with E-state index in [9.17, 15) is 4.79 Å². The van der Waals surface area contributed by atoms with Crippen LogP contribution in [0.15, 0.2) is 21.2 Å². The number of thiophene rings is 1. The van der Waals surface area contributed by atoms with Crippen molar-refractivity contribution in [3.8, 4) is 11.5 Å². The van der Waals surface area contributed by atoms with Crippen molar-refractivity contribution in [3.63, 3.8) is 0 Å². The molecule has 1 saturated heterocycles. The first kappa shape index (κ1) is 15.2. The fraction of sp³-hybridized carbons (Fsp3) is 0.562. The van der Waals surface area contributed by atoms with Crippen LogP contribution < -0.4 is 0 Å². The van der Waals surface area contributed by atoms with Gasteiger partial charge in [0.15, 0.2) is 0 Å². The fourth-order valence-corrected chi connectivity index (χ4v) is 3.48. The Morgan fingerprint density at radius 1 is 1.50 bits per heavy atom. The van der Waals surface area contributed by atoms with Crippen LogP contribution in [0.1, 0.15) is 38.5 Å². The van der Waals surface area contributed by atoms with E-state index in [1.165, 1.54) is 6.42 Å². The molecule has 0 N–H and O–H groups in total. The maximum Gasteiger partial charge on any atom is 0.248 e. The lowest BCUT2D eigenvalue weighted by atomic mass is 9.95. The lowest BCUT2D eigenvalue weighted by Gasteiger charge is -2.32. The standard InChI is InChI=1S/C16H21N3O2S/c1-2-12-4-3-8-19(10-12)15(20)6-5-14-17-18-16(21-14)13-7-9-22-11-13/h7,9,11-12H,2-6,8,10H2,1H3/t12-/m1/s1. The minimum atomic E-state index is 0.202. The van der Waals surface area contributed by atoms with E-state index in [2.05, 4.69) is 17.1 Å². The molecule has 3 rings (SSSR count). The summed E-state index contributed by atoms with van der Waals surface area (Å²) in [7, 11) is 0. The lowest BCUT2D eigenvalue weighted by Crippen LogP contribution is -2.39. The predicted molar refractivity (Wildman–Crippen MR) is 85.5 cm³/mol. The van der Waals surface area contributed by atoms with Crippen molar-refractivity contribution in [3.05, 3.63) is 22.7 Å². The minimum absolute atomic E-state index is 0.202. The first-order valence-electron chi connectivity index (χ1n) is 7.89. The zero-order chi connectivity index (χ0) is 15.4. The van der Waals surface area contributed by atoms with Gasteiger partial charge in [-0.15, -0.1) is 10.2 Å². The van der Waals surface area contributed by atoms with Gasteiger partial charge in [-0.25, -0.2) is 0 Å². The fourth-order valence-electron chi connectivity index (χ4n) is 2.85. The van der Waals surface area contributed by atoms with Gasteiger partial charge in [0, 0.05) is 36.9 Å². The molecule has 5 nitrogen and oxygen atoms in total. The van der Waals surface area contributed by atoms with Gasteiger partial charge < -0.3 is 9.32 Å². The number of carbonyl (C=O) groups is 1. The van der Waals surface area contributed by atoms with Gasteiger partial charge in [-0.2, -0.15) is 11.3 Å². The van der Waals surface area contributed by atoms with Crippen LogP contribution in [-0.4, -0.2) is 34.1 Å². The number of hydrogen-bond acceptors (Lipinski definition) is 5. The molecular formula is C16H21N3O2S. The van der Waals surface area contributed by atoms with Gasteiger partial charge in [0.25, 0.3) is 0 Å². The number of amides is 1. The second kappa shape index (κ2) is 7.05. The van der Waals surface area contributed by atoms with E-state index < -0.39 is 0 Å². The zero-order valence-corrected chi connectivity index (χ0v) is 13.6. The van der Waals surface area contributed by atoms with Crippen LogP contribution in [-0.2, 0) is 11.2 Å². The molecule has 22 heavy (non-hydrogen) atoms. The molecule has 6 heteroatoms. The zero-order valence-electron chi connectivity index (χ0n) is 12.8. The summed E-state index contributed by atoms with van der Waals surface area (Å²) >= 11 is 1.59. The number of aromatic nitrogens is 2. The molecular weight excluding hydrogens is 298 g/mol. The summed E-state index contributed by atoms with van der Waals surface area (Å²) in [5.74, 6) is 1.94. The van der Waals surface area contributed by atoms with Gasteiger partial charge in [-0.05, 0) is 30.2 Å². The van der Waals surface area contributed by atoms with Crippen molar-refractivity contribution >= 4 is 17.2 Å². The molecule has 0 aromatic carbocycles. The Bertz CT molecular complexity index is 609. The van der Waals surface area contributed by atoms with Crippen LogP contribution in [0.25, 0.3) is 11.5 Å². The molecule has 2 aromatic heterocycles. The Labute approximate surface area is 134 Å². The predicted octanol–water partition coefficient (Wildman–Crippen LogP) is 3.38. The highest BCUT2D eigenvalue weighted by molar-refractivity contribution is 7.08. The lowest BCUT2D eigenvalue weighted by molar-refractivity contribution is -0.133. The molecule has 0 bridgehead atoms. The maximum absolute atomic E-state index is 12.3. The summed E-state index contributed by atoms with van der Waals surface area (Å²) in [4.78, 5) is 14.3. The van der Waals surface area contributed by atoms with Gasteiger partial charge in [0.1, 0.15) is 0 Å². The highest BCUT2D eigenvalue weighted by Crippen LogP contribution is 2.22. The van der Waals surface area contributed by atoms with Gasteiger partial charge in [0.05, 0.1) is 0 Å². The first-order valence-corrected chi connectivity index (χ1v) is 8.83. The summed E-state index contributed by atoms with van der Waals surface area (Å²) in [5, 5.41) is 12.0. The highest BCUT2D eigenvalue weighted by Gasteiger charge is 2.22. The van der Waals surface area contributed by atoms with Crippen LogP contribution in [0, 0.1) is 5.92 Å². The van der Waals surface area contributed by atoms with Crippen LogP contribution >= 0.6 is 11.3 Å². The minimum Gasteiger partial charge on any atom is -0.421 e. The van der Waals surface area contributed by atoms with Crippen molar-refractivity contribution in [1.82, 2.24) is 15.1 Å². The number of hydrogen-bond donors (Lipinski definition) is 0. The summed E-state index contributed by atoms with van der Waals surface area (Å²) < 4.78 is 5.62. The Balaban J connectivity index is 1.53. The van der Waals surface area contributed by atoms with E-state index in [0.717, 1.165) is 31.5 Å². The van der Waals surface area contributed by atoms with Gasteiger partial charge >= 0.3 is 0 Å². The van der Waals surface area contributed by atoms with Crippen molar-refractivity contribution in [2.75, 3.05) is 13.1 Å². The van der Waals surface area contributed by atoms with E-state index >= 15 is 0 Å². The van der Waals surface area contributed by atoms with Gasteiger partial charge in [0.2, 0.25) is 17.7 Å². The second-order valence-corrected chi connectivity index (χ2v) is 6.55. The van der Waals surface area contributed by atoms with Gasteiger partial charge in [-0.3, -0.25) is 4.79 Å². The Kier molecular flexibility index (Phi) is 4.87. The summed E-state index contributed by atoms with van der Waals surface area (Å²) in [6.45, 7) is 3.99. The van der Waals surface area contributed by atoms with Crippen molar-refractivity contribution in [1.29, 1.82) is 0 Å². The Hall–Kier alpha value is -1.69. The first-order chi connectivity index (χ1) is 10.8. The molecule has 0 spiro atoms. The molecule has 2 aromatic rings. The summed E-state index contributed by atoms with van der Waals surface area (Å²) in [6.07, 6.45) is 4.48. The molecule has 0 unspecified atom stereocenters. The summed E-state index contributed by atoms with van der Waals surface area (Å²) in [6, 6.07) is 1.95. The van der Waals surface area contributed by atoms with E-state index in [4.69, 9.17) is 4.42 Å². The average Bonchev–Trinajstić information content (AvgIpc) is 3.23. The molecule has 118 valence electrons. The molecule has 0 aliphatic carbocycles. The average molecular weight is 319 g/mol. The number of carbonyl (C=O) groups excluding carboxylic acids is 1. The number of rotatable bonds is 5. The Morgan fingerprint density at radius 2 is 2.41 bits per heavy atom. The summed E-state index contributed by atoms with van der Waals surface area (Å²) in [5.41, 5.74) is 0.942. The third kappa shape index (κ3) is 3.55. The molecule has 1 aliphatic heterocycles. The second-order valence-electron chi connectivity index (χ2n) is 5.77. The van der Waals surface area contributed by atoms with E-state index in [1.54, 1.807) is 11.3 Å². The van der Waals surface area contributed by atoms with E-state index in [-0.39, 0.29) is 5.91 Å². The smallest absolute Gasteiger partial charge is 0.248 e. The number of nitrogens with zero attached hydrogens (tertiary/aromatic N) is 3. The van der Waals surface area contributed by atoms with Crippen LogP contribution in [0.2, 0.25) is 0 Å². The normalized spacial score (nSPS) is 18.6. The van der Waals surface area contributed by atoms with Crippen LogP contribution in [0.5, 0.6) is 0 Å². The largest absolute Gasteiger partial charge is 0.421 e. The topological polar surface area (TPSA) is 59.2 Å². The van der Waals surface area contributed by atoms with Crippen molar-refractivity contribution in [2.45, 2.75) is 39.0 Å².